The van der Waals surface area contributed by atoms with Crippen LogP contribution in [0, 0.1) is 11.7 Å². The van der Waals surface area contributed by atoms with Crippen molar-refractivity contribution in [3.05, 3.63) is 65.5 Å². The Kier molecular flexibility index (Phi) is 6.26. The van der Waals surface area contributed by atoms with Gasteiger partial charge in [0.2, 0.25) is 0 Å². The van der Waals surface area contributed by atoms with Crippen molar-refractivity contribution in [2.75, 3.05) is 18.9 Å². The number of amides is 1. The molecule has 1 N–H and O–H groups in total. The first-order chi connectivity index (χ1) is 12.6. The van der Waals surface area contributed by atoms with Gasteiger partial charge in [0.1, 0.15) is 5.82 Å². The fourth-order valence-electron chi connectivity index (χ4n) is 3.60. The Morgan fingerprint density at radius 3 is 2.35 bits per heavy atom. The van der Waals surface area contributed by atoms with Gasteiger partial charge in [-0.3, -0.25) is 4.79 Å². The second kappa shape index (κ2) is 8.84. The highest BCUT2D eigenvalue weighted by Gasteiger charge is 2.19. The number of carbonyl (C=O) groups is 1. The van der Waals surface area contributed by atoms with Crippen LogP contribution in [-0.2, 0) is 6.54 Å². The van der Waals surface area contributed by atoms with Gasteiger partial charge in [0.25, 0.3) is 5.91 Å². The quantitative estimate of drug-likeness (QED) is 0.784. The molecule has 0 bridgehead atoms. The summed E-state index contributed by atoms with van der Waals surface area (Å²) >= 11 is 0. The zero-order valence-electron chi connectivity index (χ0n) is 15.4. The molecule has 0 unspecified atom stereocenters. The van der Waals surface area contributed by atoms with E-state index in [9.17, 15) is 9.18 Å². The largest absolute Gasteiger partial charge is 0.381 e. The molecule has 1 aliphatic carbocycles. The summed E-state index contributed by atoms with van der Waals surface area (Å²) < 4.78 is 12.9. The Balaban J connectivity index is 1.52. The third-order valence-corrected chi connectivity index (χ3v) is 5.15. The first kappa shape index (κ1) is 18.4. The van der Waals surface area contributed by atoms with Crippen molar-refractivity contribution in [2.24, 2.45) is 5.92 Å². The Morgan fingerprint density at radius 1 is 1.04 bits per heavy atom. The minimum absolute atomic E-state index is 0.0839. The molecule has 3 rings (SSSR count). The topological polar surface area (TPSA) is 32.3 Å². The van der Waals surface area contributed by atoms with E-state index in [-0.39, 0.29) is 11.7 Å². The Hall–Kier alpha value is -2.36. The Bertz CT molecular complexity index is 706. The van der Waals surface area contributed by atoms with E-state index in [0.29, 0.717) is 12.5 Å². The van der Waals surface area contributed by atoms with Gasteiger partial charge in [0, 0.05) is 31.4 Å². The molecule has 0 saturated heterocycles. The van der Waals surface area contributed by atoms with E-state index in [2.05, 4.69) is 5.32 Å². The highest BCUT2D eigenvalue weighted by Crippen LogP contribution is 2.24. The molecule has 2 aromatic carbocycles. The Morgan fingerprint density at radius 2 is 1.69 bits per heavy atom. The number of nitrogens with zero attached hydrogens (tertiary/aromatic N) is 1. The summed E-state index contributed by atoms with van der Waals surface area (Å²) in [5.41, 5.74) is 2.68. The maximum Gasteiger partial charge on any atom is 0.253 e. The minimum atomic E-state index is -0.228. The fraction of sp³-hybridized carbons (Fsp3) is 0.409. The van der Waals surface area contributed by atoms with Crippen molar-refractivity contribution in [3.63, 3.8) is 0 Å². The molecule has 2 aromatic rings. The van der Waals surface area contributed by atoms with E-state index in [4.69, 9.17) is 0 Å². The second-order valence-electron chi connectivity index (χ2n) is 7.25. The monoisotopic (exact) mass is 354 g/mol. The third-order valence-electron chi connectivity index (χ3n) is 5.15. The van der Waals surface area contributed by atoms with Gasteiger partial charge in [-0.15, -0.1) is 0 Å². The molecule has 0 aromatic heterocycles. The van der Waals surface area contributed by atoms with Gasteiger partial charge in [-0.25, -0.2) is 4.39 Å². The molecule has 0 radical (unpaired) electrons. The van der Waals surface area contributed by atoms with E-state index in [1.54, 1.807) is 12.1 Å². The number of benzene rings is 2. The van der Waals surface area contributed by atoms with Crippen LogP contribution in [0.5, 0.6) is 0 Å². The van der Waals surface area contributed by atoms with Crippen LogP contribution in [-0.4, -0.2) is 24.4 Å². The number of carbonyl (C=O) groups excluding carboxylic acids is 1. The van der Waals surface area contributed by atoms with Gasteiger partial charge < -0.3 is 10.2 Å². The van der Waals surface area contributed by atoms with Crippen molar-refractivity contribution >= 4 is 11.6 Å². The maximum absolute atomic E-state index is 12.9. The standard InChI is InChI=1S/C22H27FN2O/c1-25(16-18-5-3-2-4-6-18)22(26)19-9-13-21(14-10-19)24-15-17-7-11-20(23)12-8-17/h7-14,18,24H,2-6,15-16H2,1H3. The fourth-order valence-corrected chi connectivity index (χ4v) is 3.60. The molecule has 26 heavy (non-hydrogen) atoms. The number of hydrogen-bond donors (Lipinski definition) is 1. The molecule has 4 heteroatoms. The number of halogens is 1. The van der Waals surface area contributed by atoms with Crippen LogP contribution >= 0.6 is 0 Å². The van der Waals surface area contributed by atoms with Gasteiger partial charge in [-0.1, -0.05) is 31.4 Å². The smallest absolute Gasteiger partial charge is 0.253 e. The first-order valence-corrected chi connectivity index (χ1v) is 9.45. The van der Waals surface area contributed by atoms with Crippen LogP contribution in [0.1, 0.15) is 48.0 Å². The van der Waals surface area contributed by atoms with Crippen LogP contribution in [0.2, 0.25) is 0 Å². The lowest BCUT2D eigenvalue weighted by atomic mass is 9.89. The predicted octanol–water partition coefficient (Wildman–Crippen LogP) is 5.09. The predicted molar refractivity (Wildman–Crippen MR) is 104 cm³/mol. The van der Waals surface area contributed by atoms with Crippen LogP contribution < -0.4 is 5.32 Å². The molecule has 1 amide bonds. The van der Waals surface area contributed by atoms with Gasteiger partial charge in [0.15, 0.2) is 0 Å². The van der Waals surface area contributed by atoms with Crippen LogP contribution in [0.25, 0.3) is 0 Å². The molecule has 0 atom stereocenters. The summed E-state index contributed by atoms with van der Waals surface area (Å²) in [7, 11) is 1.90. The van der Waals surface area contributed by atoms with E-state index in [1.807, 2.05) is 36.2 Å². The molecular weight excluding hydrogens is 327 g/mol. The van der Waals surface area contributed by atoms with Crippen molar-refractivity contribution in [1.29, 1.82) is 0 Å². The lowest BCUT2D eigenvalue weighted by Gasteiger charge is -2.27. The van der Waals surface area contributed by atoms with Crippen molar-refractivity contribution in [3.8, 4) is 0 Å². The average molecular weight is 354 g/mol. The van der Waals surface area contributed by atoms with Crippen molar-refractivity contribution in [1.82, 2.24) is 4.90 Å². The minimum Gasteiger partial charge on any atom is -0.381 e. The molecule has 0 heterocycles. The molecule has 138 valence electrons. The van der Waals surface area contributed by atoms with Gasteiger partial charge in [-0.2, -0.15) is 0 Å². The van der Waals surface area contributed by atoms with Gasteiger partial charge >= 0.3 is 0 Å². The molecule has 1 fully saturated rings. The molecular formula is C22H27FN2O. The normalized spacial score (nSPS) is 14.8. The third kappa shape index (κ3) is 5.07. The van der Waals surface area contributed by atoms with Crippen molar-refractivity contribution < 1.29 is 9.18 Å². The lowest BCUT2D eigenvalue weighted by Crippen LogP contribution is -2.32. The van der Waals surface area contributed by atoms with Crippen LogP contribution in [0.15, 0.2) is 48.5 Å². The van der Waals surface area contributed by atoms with E-state index in [1.165, 1.54) is 44.2 Å². The summed E-state index contributed by atoms with van der Waals surface area (Å²) in [4.78, 5) is 14.5. The molecule has 0 spiro atoms. The first-order valence-electron chi connectivity index (χ1n) is 9.45. The second-order valence-corrected chi connectivity index (χ2v) is 7.25. The van der Waals surface area contributed by atoms with E-state index < -0.39 is 0 Å². The summed E-state index contributed by atoms with van der Waals surface area (Å²) in [5.74, 6) is 0.504. The summed E-state index contributed by atoms with van der Waals surface area (Å²) in [6.45, 7) is 1.47. The van der Waals surface area contributed by atoms with E-state index in [0.717, 1.165) is 23.4 Å². The molecule has 1 saturated carbocycles. The zero-order chi connectivity index (χ0) is 18.4. The maximum atomic E-state index is 12.9. The van der Waals surface area contributed by atoms with Gasteiger partial charge in [0.05, 0.1) is 0 Å². The number of rotatable bonds is 6. The van der Waals surface area contributed by atoms with Crippen molar-refractivity contribution in [2.45, 2.75) is 38.6 Å². The SMILES string of the molecule is CN(CC1CCCCC1)C(=O)c1ccc(NCc2ccc(F)cc2)cc1. The highest BCUT2D eigenvalue weighted by molar-refractivity contribution is 5.94. The van der Waals surface area contributed by atoms with Crippen LogP contribution in [0.4, 0.5) is 10.1 Å². The zero-order valence-corrected chi connectivity index (χ0v) is 15.4. The Labute approximate surface area is 155 Å². The van der Waals surface area contributed by atoms with Crippen LogP contribution in [0.3, 0.4) is 0 Å². The molecule has 3 nitrogen and oxygen atoms in total. The lowest BCUT2D eigenvalue weighted by molar-refractivity contribution is 0.0760. The highest BCUT2D eigenvalue weighted by atomic mass is 19.1. The molecule has 1 aliphatic rings. The molecule has 0 aliphatic heterocycles. The summed E-state index contributed by atoms with van der Waals surface area (Å²) in [6.07, 6.45) is 6.40. The van der Waals surface area contributed by atoms with E-state index >= 15 is 0 Å². The summed E-state index contributed by atoms with van der Waals surface area (Å²) in [6, 6.07) is 14.0. The number of anilines is 1. The number of hydrogen-bond acceptors (Lipinski definition) is 2. The number of nitrogens with one attached hydrogen (secondary N) is 1. The average Bonchev–Trinajstić information content (AvgIpc) is 2.68. The summed E-state index contributed by atoms with van der Waals surface area (Å²) in [5, 5.41) is 3.29. The van der Waals surface area contributed by atoms with Gasteiger partial charge in [-0.05, 0) is 60.7 Å².